The Balaban J connectivity index is 0.000000357. The molecule has 1 fully saturated rings. The van der Waals surface area contributed by atoms with E-state index in [0.29, 0.717) is 135 Å². The molecule has 27 nitrogen and oxygen atoms in total. The molecule has 0 saturated carbocycles. The van der Waals surface area contributed by atoms with Crippen molar-refractivity contribution in [3.8, 4) is 23.0 Å². The number of unbranched alkanes of at least 4 members (excludes halogenated alkanes) is 2. The fourth-order valence-corrected chi connectivity index (χ4v) is 18.9. The van der Waals surface area contributed by atoms with Gasteiger partial charge in [-0.3, -0.25) is 18.8 Å². The van der Waals surface area contributed by atoms with E-state index < -0.39 is 140 Å². The third-order valence-electron chi connectivity index (χ3n) is 20.0. The van der Waals surface area contributed by atoms with Gasteiger partial charge in [-0.15, -0.1) is 5.06 Å². The minimum absolute atomic E-state index is 0. The Morgan fingerprint density at radius 1 is 0.552 bits per heavy atom. The van der Waals surface area contributed by atoms with Crippen LogP contribution in [0.15, 0.2) is 58.5 Å². The van der Waals surface area contributed by atoms with Crippen molar-refractivity contribution < 1.29 is 214 Å². The molecule has 7 aliphatic rings. The molecule has 4 atom stereocenters. The molecule has 11 rings (SSSR count). The topological polar surface area (TPSA) is 385 Å². The number of amides is 2. The van der Waals surface area contributed by atoms with E-state index in [1.165, 1.54) is 0 Å². The number of halogens is 1. The third-order valence-corrected chi connectivity index (χ3v) is 23.3. The van der Waals surface area contributed by atoms with Crippen LogP contribution < -0.4 is 168 Å². The number of alkyl halides is 1. The van der Waals surface area contributed by atoms with Crippen molar-refractivity contribution in [2.75, 3.05) is 66.1 Å². The van der Waals surface area contributed by atoms with Gasteiger partial charge in [0.25, 0.3) is 11.8 Å². The van der Waals surface area contributed by atoms with Crippen LogP contribution in [0, 0.1) is 0 Å². The van der Waals surface area contributed by atoms with Crippen LogP contribution in [-0.4, -0.2) is 164 Å². The van der Waals surface area contributed by atoms with E-state index in [-0.39, 0.29) is 150 Å². The van der Waals surface area contributed by atoms with Crippen LogP contribution in [0.1, 0.15) is 206 Å². The molecule has 2 amide bonds. The molecule has 0 spiro atoms. The number of benzene rings is 4. The zero-order chi connectivity index (χ0) is 75.2. The summed E-state index contributed by atoms with van der Waals surface area (Å²) < 4.78 is 177. The summed E-state index contributed by atoms with van der Waals surface area (Å²) in [5, 5.41) is 11.8. The molecule has 1 N–H and O–H groups in total. The number of rotatable bonds is 23. The minimum atomic E-state index is -4.64. The second-order valence-corrected chi connectivity index (χ2v) is 35.4. The summed E-state index contributed by atoms with van der Waals surface area (Å²) in [5.41, 5.74) is 2.89. The standard InChI is InChI=1S/C36H46N4O11S2.C32H43N3O9S2.CH3F.4Na/c1-6-7-12-38-28-16-30-26(14-24(28)22(18-35(38,2)3)20-52(44,45)46)37-27-15-25-23(21-53(47,48)49)19-36(4,5)39(29(25)17-31(27)50-30)13-8-9-34(43)51-40-32(41)10-11-33(40)42;1-6-7-10-34-26-14-28-24(12-22(26)20(16-31(34,2)3)18-45(38,39)40)33-25-13-23-21(19-46(41,42)43)17-32(4,5)35(11-8-9-30(36)37)27(23)15-29(25)44-28;1-2;;;;/h14-17,22-23H,6-13,18-21H2,1-5H3,(H-,44,45,46,47,48,49);12-15,20-21H,6-11,16-19H2,1-5H3,(H2-,36,37,38,39,40,41,42,43);1H3;;;;/q;;;4*+1/p-2/i;;1D;;;;. The fraction of sp³-hybridized carbons (Fsp3) is 0.594. The van der Waals surface area contributed by atoms with Crippen LogP contribution in [0.5, 0.6) is 23.0 Å². The smallest absolute Gasteiger partial charge is 0.748 e. The van der Waals surface area contributed by atoms with Gasteiger partial charge in [0, 0.05) is 144 Å². The van der Waals surface area contributed by atoms with Crippen molar-refractivity contribution in [2.45, 2.75) is 205 Å². The average molecular weight is 1580 g/mol. The van der Waals surface area contributed by atoms with Crippen LogP contribution in [0.2, 0.25) is 0 Å². The zero-order valence-electron chi connectivity index (χ0n) is 63.5. The van der Waals surface area contributed by atoms with Crippen LogP contribution in [0.4, 0.5) is 27.1 Å². The Labute approximate surface area is 704 Å². The number of ether oxygens (including phenoxy) is 2. The van der Waals surface area contributed by atoms with Crippen molar-refractivity contribution in [3.63, 3.8) is 0 Å². The molecule has 4 aromatic carbocycles. The average Bonchev–Trinajstić information content (AvgIpc) is 0.779. The summed E-state index contributed by atoms with van der Waals surface area (Å²) in [6.07, 6.45) is 5.73. The van der Waals surface area contributed by atoms with E-state index in [1.807, 2.05) is 76.7 Å². The molecular formula is C69H90FN7Na4O20S4+2. The number of hydrogen-bond donors (Lipinski definition) is 1. The molecule has 4 unspecified atom stereocenters. The van der Waals surface area contributed by atoms with Crippen molar-refractivity contribution in [1.82, 2.24) is 14.2 Å². The zero-order valence-corrected chi connectivity index (χ0v) is 73.8. The van der Waals surface area contributed by atoms with E-state index in [0.717, 1.165) is 43.6 Å². The van der Waals surface area contributed by atoms with Crippen molar-refractivity contribution in [2.24, 2.45) is 9.98 Å². The molecule has 1 saturated heterocycles. The maximum Gasteiger partial charge on any atom is 1.00 e. The Bertz CT molecular complexity index is 4760. The Kier molecular flexibility index (Phi) is 31.3. The Morgan fingerprint density at radius 2 is 0.895 bits per heavy atom. The molecule has 0 radical (unpaired) electrons. The van der Waals surface area contributed by atoms with Gasteiger partial charge in [0.2, 0.25) is 10.7 Å². The van der Waals surface area contributed by atoms with Crippen LogP contribution in [0.3, 0.4) is 0 Å². The van der Waals surface area contributed by atoms with E-state index >= 15 is 0 Å². The first-order valence-corrected chi connectivity index (χ1v) is 40.2. The predicted octanol–water partition coefficient (Wildman–Crippen LogP) is -5.22. The van der Waals surface area contributed by atoms with Crippen molar-refractivity contribution >= 4 is 87.0 Å². The first-order valence-electron chi connectivity index (χ1n) is 34.5. The maximum atomic E-state index is 12.6. The predicted molar refractivity (Wildman–Crippen MR) is 368 cm³/mol. The molecule has 0 aromatic heterocycles. The summed E-state index contributed by atoms with van der Waals surface area (Å²) in [5.74, 6) is -5.83. The molecule has 7 heterocycles. The molecule has 36 heteroatoms. The summed E-state index contributed by atoms with van der Waals surface area (Å²) in [7, 11) is -19.3. The fourth-order valence-electron chi connectivity index (χ4n) is 15.8. The minimum Gasteiger partial charge on any atom is -0.748 e. The maximum absolute atomic E-state index is 12.6. The number of imide groups is 1. The van der Waals surface area contributed by atoms with Gasteiger partial charge >= 0.3 is 130 Å². The number of carbonyl (C=O) groups is 4. The van der Waals surface area contributed by atoms with Crippen LogP contribution in [0.25, 0.3) is 0 Å². The van der Waals surface area contributed by atoms with Crippen molar-refractivity contribution in [3.05, 3.63) is 92.2 Å². The van der Waals surface area contributed by atoms with Gasteiger partial charge < -0.3 is 47.4 Å². The molecule has 0 bridgehead atoms. The number of hydrogen-bond acceptors (Lipinski definition) is 23. The quantitative estimate of drug-likeness (QED) is 0.0271. The normalized spacial score (nSPS) is 20.4. The summed E-state index contributed by atoms with van der Waals surface area (Å²) in [6, 6.07) is 14.2. The van der Waals surface area contributed by atoms with Gasteiger partial charge in [-0.25, -0.2) is 57.6 Å². The Hall–Kier alpha value is -3.07. The number of hydroxylamine groups is 2. The SMILES string of the molecule is CCCCN1c2cc3c(cc2C(CS(=O)(=O)[O-])CC1(C)C)N=c1cc2c(cc1O3)=[N+](CCCC(=O)O)C(C)(C)CC2CS(=O)(=O)[O-].CCCCN1c2cc3c(cc2C(CS(=O)(=O)[O-])CC1(C)C)N=c1cc2c(cc1O3)=[N+](CCCC(=O)ON1C(=O)CCC1=O)C(C)(C)CC2CS(=O)(=O)[O-].[2H]CF.[Na+].[Na+].[Na+].[Na+]. The number of anilines is 2. The van der Waals surface area contributed by atoms with Crippen LogP contribution in [-0.2, 0) is 64.5 Å². The summed E-state index contributed by atoms with van der Waals surface area (Å²) in [4.78, 5) is 66.9. The van der Waals surface area contributed by atoms with Gasteiger partial charge in [-0.2, -0.15) is 0 Å². The van der Waals surface area contributed by atoms with Gasteiger partial charge in [0.15, 0.2) is 34.1 Å². The van der Waals surface area contributed by atoms with E-state index in [4.69, 9.17) is 25.7 Å². The number of fused-ring (bicyclic) bond motifs is 8. The first-order chi connectivity index (χ1) is 47.3. The number of carbonyl (C=O) groups excluding carboxylic acids is 3. The molecular weight excluding hydrogens is 1490 g/mol. The third kappa shape index (κ3) is 22.4. The molecule has 7 aliphatic heterocycles. The molecule has 554 valence electrons. The molecule has 4 aromatic rings. The van der Waals surface area contributed by atoms with Gasteiger partial charge in [-0.05, 0) is 116 Å². The number of carboxylic acids is 1. The second-order valence-electron chi connectivity index (χ2n) is 29.7. The number of nitrogens with zero attached hydrogens (tertiary/aromatic N) is 7. The van der Waals surface area contributed by atoms with E-state index in [1.54, 1.807) is 36.4 Å². The first kappa shape index (κ1) is 90.8. The molecule has 0 aliphatic carbocycles. The van der Waals surface area contributed by atoms with Gasteiger partial charge in [0.05, 0.1) is 74.0 Å². The van der Waals surface area contributed by atoms with Gasteiger partial charge in [-0.1, -0.05) is 26.7 Å². The molecule has 105 heavy (non-hydrogen) atoms. The summed E-state index contributed by atoms with van der Waals surface area (Å²) >= 11 is 0. The van der Waals surface area contributed by atoms with Crippen molar-refractivity contribution in [1.29, 1.82) is 0 Å². The Morgan fingerprint density at radius 3 is 1.23 bits per heavy atom. The number of carboxylic acid groups (broad SMARTS) is 1. The van der Waals surface area contributed by atoms with E-state index in [9.17, 15) is 80.6 Å². The summed E-state index contributed by atoms with van der Waals surface area (Å²) in [6.45, 7) is 22.2. The largest absolute Gasteiger partial charge is 1.00 e. The van der Waals surface area contributed by atoms with E-state index in [2.05, 4.69) is 23.6 Å². The van der Waals surface area contributed by atoms with Crippen LogP contribution >= 0.6 is 0 Å². The monoisotopic (exact) mass is 1580 g/mol. The second kappa shape index (κ2) is 36.2. The van der Waals surface area contributed by atoms with Gasteiger partial charge in [0.1, 0.15) is 35.2 Å². The number of aliphatic carboxylic acids is 1.